The number of H-pyrrole nitrogens is 2. The number of carboxylic acid groups (broad SMARTS) is 1. The molecule has 1 atom stereocenters. The van der Waals surface area contributed by atoms with Crippen molar-refractivity contribution in [1.82, 2.24) is 9.97 Å². The van der Waals surface area contributed by atoms with E-state index in [0.717, 1.165) is 0 Å². The van der Waals surface area contributed by atoms with E-state index in [2.05, 4.69) is 9.97 Å². The van der Waals surface area contributed by atoms with E-state index in [0.29, 0.717) is 16.6 Å². The summed E-state index contributed by atoms with van der Waals surface area (Å²) in [6.45, 7) is -0.694. The first-order valence-corrected chi connectivity index (χ1v) is 5.71. The molecule has 0 aliphatic carbocycles. The van der Waals surface area contributed by atoms with Crippen molar-refractivity contribution >= 4 is 17.0 Å². The fraction of sp³-hybridized carbons (Fsp3) is 0.250. The van der Waals surface area contributed by atoms with Crippen molar-refractivity contribution in [1.29, 1.82) is 0 Å². The molecule has 0 aliphatic rings. The number of aliphatic hydroxyl groups is 1. The smallest absolute Gasteiger partial charge is 0.329 e. The van der Waals surface area contributed by atoms with Crippen LogP contribution in [0.3, 0.4) is 0 Å². The van der Waals surface area contributed by atoms with Crippen LogP contribution in [-0.4, -0.2) is 39.4 Å². The van der Waals surface area contributed by atoms with E-state index < -0.39 is 29.8 Å². The molecule has 2 aromatic rings. The molecule has 0 saturated heterocycles. The fourth-order valence-corrected chi connectivity index (χ4v) is 1.69. The summed E-state index contributed by atoms with van der Waals surface area (Å²) < 4.78 is 4.79. The van der Waals surface area contributed by atoms with Gasteiger partial charge in [0, 0.05) is 0 Å². The topological polar surface area (TPSA) is 132 Å². The third-order valence-electron chi connectivity index (χ3n) is 2.63. The molecule has 8 heteroatoms. The highest BCUT2D eigenvalue weighted by Gasteiger charge is 2.10. The number of ether oxygens (including phenoxy) is 1. The van der Waals surface area contributed by atoms with Crippen molar-refractivity contribution in [3.63, 3.8) is 0 Å². The van der Waals surface area contributed by atoms with Crippen LogP contribution in [0.15, 0.2) is 27.8 Å². The molecule has 8 nitrogen and oxygen atoms in total. The van der Waals surface area contributed by atoms with E-state index in [4.69, 9.17) is 9.84 Å². The lowest BCUT2D eigenvalue weighted by atomic mass is 10.1. The van der Waals surface area contributed by atoms with Gasteiger partial charge in [-0.2, -0.15) is 0 Å². The Morgan fingerprint density at radius 2 is 1.85 bits per heavy atom. The first kappa shape index (κ1) is 14.0. The highest BCUT2D eigenvalue weighted by atomic mass is 16.5. The maximum atomic E-state index is 11.2. The van der Waals surface area contributed by atoms with E-state index >= 15 is 0 Å². The summed E-state index contributed by atoms with van der Waals surface area (Å²) in [6.07, 6.45) is -1.03. The first-order chi connectivity index (χ1) is 9.47. The number of aromatic amines is 2. The maximum Gasteiger partial charge on any atom is 0.329 e. The molecule has 1 unspecified atom stereocenters. The molecule has 0 amide bonds. The number of aliphatic carboxylic acids is 1. The lowest BCUT2D eigenvalue weighted by Crippen LogP contribution is -2.28. The number of fused-ring (bicyclic) bond motifs is 1. The third kappa shape index (κ3) is 3.11. The van der Waals surface area contributed by atoms with Crippen LogP contribution in [-0.2, 0) is 9.53 Å². The van der Waals surface area contributed by atoms with Gasteiger partial charge in [-0.3, -0.25) is 9.59 Å². The summed E-state index contributed by atoms with van der Waals surface area (Å²) >= 11 is 0. The zero-order valence-corrected chi connectivity index (χ0v) is 10.3. The van der Waals surface area contributed by atoms with Crippen LogP contribution in [0.1, 0.15) is 11.7 Å². The summed E-state index contributed by atoms with van der Waals surface area (Å²) in [5, 5.41) is 18.2. The van der Waals surface area contributed by atoms with Gasteiger partial charge in [-0.15, -0.1) is 0 Å². The van der Waals surface area contributed by atoms with Gasteiger partial charge in [0.1, 0.15) is 12.7 Å². The number of benzene rings is 1. The van der Waals surface area contributed by atoms with E-state index in [9.17, 15) is 19.5 Å². The molecule has 0 spiro atoms. The molecule has 0 bridgehead atoms. The van der Waals surface area contributed by atoms with Gasteiger partial charge in [-0.25, -0.2) is 4.79 Å². The number of rotatable bonds is 5. The van der Waals surface area contributed by atoms with Crippen molar-refractivity contribution < 1.29 is 19.7 Å². The molecule has 4 N–H and O–H groups in total. The summed E-state index contributed by atoms with van der Waals surface area (Å²) in [6, 6.07) is 4.56. The van der Waals surface area contributed by atoms with Crippen molar-refractivity contribution in [2.75, 3.05) is 13.2 Å². The van der Waals surface area contributed by atoms with Crippen LogP contribution >= 0.6 is 0 Å². The van der Waals surface area contributed by atoms with Crippen molar-refractivity contribution in [2.45, 2.75) is 6.10 Å². The Morgan fingerprint density at radius 3 is 2.50 bits per heavy atom. The number of aromatic nitrogens is 2. The van der Waals surface area contributed by atoms with Gasteiger partial charge in [0.2, 0.25) is 0 Å². The van der Waals surface area contributed by atoms with Crippen LogP contribution < -0.4 is 11.1 Å². The Kier molecular flexibility index (Phi) is 3.97. The quantitative estimate of drug-likeness (QED) is 0.538. The highest BCUT2D eigenvalue weighted by Crippen LogP contribution is 2.17. The normalized spacial score (nSPS) is 12.4. The van der Waals surface area contributed by atoms with Crippen LogP contribution in [0, 0.1) is 0 Å². The fourth-order valence-electron chi connectivity index (χ4n) is 1.69. The minimum atomic E-state index is -1.13. The molecule has 2 rings (SSSR count). The molecule has 0 radical (unpaired) electrons. The average molecular weight is 280 g/mol. The van der Waals surface area contributed by atoms with Gasteiger partial charge >= 0.3 is 17.1 Å². The largest absolute Gasteiger partial charge is 0.480 e. The number of nitrogens with one attached hydrogen (secondary N) is 2. The predicted molar refractivity (Wildman–Crippen MR) is 68.6 cm³/mol. The van der Waals surface area contributed by atoms with Crippen molar-refractivity contribution in [2.24, 2.45) is 0 Å². The average Bonchev–Trinajstić information content (AvgIpc) is 2.39. The molecule has 1 aromatic heterocycles. The Morgan fingerprint density at radius 1 is 1.20 bits per heavy atom. The zero-order chi connectivity index (χ0) is 14.7. The van der Waals surface area contributed by atoms with Gasteiger partial charge in [0.05, 0.1) is 17.6 Å². The number of hydrogen-bond acceptors (Lipinski definition) is 5. The van der Waals surface area contributed by atoms with Crippen molar-refractivity contribution in [3.8, 4) is 0 Å². The number of carbonyl (C=O) groups is 1. The molecule has 0 saturated carbocycles. The molecule has 106 valence electrons. The molecule has 1 heterocycles. The lowest BCUT2D eigenvalue weighted by molar-refractivity contribution is -0.143. The van der Waals surface area contributed by atoms with Gasteiger partial charge in [0.25, 0.3) is 0 Å². The number of aliphatic hydroxyl groups excluding tert-OH is 1. The maximum absolute atomic E-state index is 11.2. The van der Waals surface area contributed by atoms with Gasteiger partial charge in [-0.1, -0.05) is 6.07 Å². The Bertz CT molecular complexity index is 747. The highest BCUT2D eigenvalue weighted by molar-refractivity contribution is 5.74. The SMILES string of the molecule is O=C(O)COCC(O)c1ccc2[nH]c(=O)c(=O)[nH]c2c1. The van der Waals surface area contributed by atoms with E-state index in [1.54, 1.807) is 6.07 Å². The number of hydrogen-bond donors (Lipinski definition) is 4. The molecular formula is C12H12N2O6. The van der Waals surface area contributed by atoms with E-state index in [-0.39, 0.29) is 6.61 Å². The predicted octanol–water partition coefficient (Wildman–Crippen LogP) is -0.649. The first-order valence-electron chi connectivity index (χ1n) is 5.71. The van der Waals surface area contributed by atoms with Crippen LogP contribution in [0.2, 0.25) is 0 Å². The Balaban J connectivity index is 2.22. The summed E-state index contributed by atoms with van der Waals surface area (Å²) in [5.41, 5.74) is -0.311. The minimum absolute atomic E-state index is 0.189. The Hall–Kier alpha value is -2.45. The zero-order valence-electron chi connectivity index (χ0n) is 10.3. The second-order valence-electron chi connectivity index (χ2n) is 4.14. The monoisotopic (exact) mass is 280 g/mol. The Labute approximate surface area is 111 Å². The van der Waals surface area contributed by atoms with Gasteiger partial charge in [-0.05, 0) is 17.7 Å². The molecule has 0 aliphatic heterocycles. The third-order valence-corrected chi connectivity index (χ3v) is 2.63. The second-order valence-corrected chi connectivity index (χ2v) is 4.14. The summed E-state index contributed by atoms with van der Waals surface area (Å²) in [5.74, 6) is -1.13. The molecule has 1 aromatic carbocycles. The van der Waals surface area contributed by atoms with Crippen LogP contribution in [0.4, 0.5) is 0 Å². The summed E-state index contributed by atoms with van der Waals surface area (Å²) in [7, 11) is 0. The molecule has 20 heavy (non-hydrogen) atoms. The van der Waals surface area contributed by atoms with E-state index in [1.807, 2.05) is 0 Å². The second kappa shape index (κ2) is 5.68. The van der Waals surface area contributed by atoms with Crippen molar-refractivity contribution in [3.05, 3.63) is 44.5 Å². The van der Waals surface area contributed by atoms with Crippen LogP contribution in [0.5, 0.6) is 0 Å². The van der Waals surface area contributed by atoms with E-state index in [1.165, 1.54) is 12.1 Å². The standard InChI is InChI=1S/C12H12N2O6/c15-9(4-20-5-10(16)17)6-1-2-7-8(3-6)14-12(19)11(18)13-7/h1-3,9,15H,4-5H2,(H,13,18)(H,14,19)(H,16,17). The lowest BCUT2D eigenvalue weighted by Gasteiger charge is -2.11. The van der Waals surface area contributed by atoms with Crippen LogP contribution in [0.25, 0.3) is 11.0 Å². The van der Waals surface area contributed by atoms with Gasteiger partial charge in [0.15, 0.2) is 0 Å². The molecular weight excluding hydrogens is 268 g/mol. The summed E-state index contributed by atoms with van der Waals surface area (Å²) in [4.78, 5) is 37.4. The van der Waals surface area contributed by atoms with Gasteiger partial charge < -0.3 is 24.9 Å². The molecule has 0 fully saturated rings. The number of carboxylic acids is 1. The minimum Gasteiger partial charge on any atom is -0.480 e.